The smallest absolute Gasteiger partial charge is 0.113 e. The number of ether oxygens (including phenoxy) is 1. The summed E-state index contributed by atoms with van der Waals surface area (Å²) < 4.78 is 10.2. The van der Waals surface area contributed by atoms with Crippen molar-refractivity contribution in [2.24, 2.45) is 0 Å². The molecule has 1 heterocycles. The molecule has 0 saturated heterocycles. The van der Waals surface area contributed by atoms with Crippen molar-refractivity contribution in [2.45, 2.75) is 12.2 Å². The molecule has 1 N–H and O–H groups in total. The maximum Gasteiger partial charge on any atom is 0.113 e. The Morgan fingerprint density at radius 1 is 1.47 bits per heavy atom. The van der Waals surface area contributed by atoms with E-state index in [1.807, 2.05) is 23.9 Å². The van der Waals surface area contributed by atoms with E-state index in [0.717, 1.165) is 31.2 Å². The number of rotatable bonds is 9. The lowest BCUT2D eigenvalue weighted by molar-refractivity contribution is 0.199. The van der Waals surface area contributed by atoms with Gasteiger partial charge in [-0.05, 0) is 30.9 Å². The first-order chi connectivity index (χ1) is 7.43. The molecule has 4 heteroatoms. The van der Waals surface area contributed by atoms with Crippen LogP contribution in [0.5, 0.6) is 0 Å². The molecule has 1 aromatic heterocycles. The van der Waals surface area contributed by atoms with E-state index in [2.05, 4.69) is 5.32 Å². The van der Waals surface area contributed by atoms with E-state index < -0.39 is 0 Å². The summed E-state index contributed by atoms with van der Waals surface area (Å²) in [6.45, 7) is 2.80. The SMILES string of the molecule is COCCNCCCSCc1ccco1. The molecule has 0 fully saturated rings. The Balaban J connectivity index is 1.81. The normalized spacial score (nSPS) is 10.7. The summed E-state index contributed by atoms with van der Waals surface area (Å²) in [5, 5.41) is 3.32. The summed E-state index contributed by atoms with van der Waals surface area (Å²) in [6, 6.07) is 3.95. The molecule has 0 aliphatic carbocycles. The second-order valence-electron chi connectivity index (χ2n) is 3.23. The molecular formula is C11H19NO2S. The number of hydrogen-bond acceptors (Lipinski definition) is 4. The Morgan fingerprint density at radius 3 is 3.13 bits per heavy atom. The first-order valence-corrected chi connectivity index (χ1v) is 6.38. The maximum atomic E-state index is 5.24. The van der Waals surface area contributed by atoms with E-state index in [1.54, 1.807) is 13.4 Å². The Morgan fingerprint density at radius 2 is 2.40 bits per heavy atom. The lowest BCUT2D eigenvalue weighted by Gasteiger charge is -2.03. The highest BCUT2D eigenvalue weighted by Crippen LogP contribution is 2.12. The van der Waals surface area contributed by atoms with E-state index >= 15 is 0 Å². The van der Waals surface area contributed by atoms with Crippen LogP contribution in [0.3, 0.4) is 0 Å². The minimum atomic E-state index is 0.791. The number of thioether (sulfide) groups is 1. The predicted octanol–water partition coefficient (Wildman–Crippen LogP) is 2.14. The molecule has 1 aromatic rings. The molecule has 86 valence electrons. The average Bonchev–Trinajstić information content (AvgIpc) is 2.75. The van der Waals surface area contributed by atoms with Gasteiger partial charge in [-0.1, -0.05) is 0 Å². The molecule has 0 atom stereocenters. The molecule has 0 unspecified atom stereocenters. The largest absolute Gasteiger partial charge is 0.468 e. The van der Waals surface area contributed by atoms with E-state index in [1.165, 1.54) is 12.2 Å². The average molecular weight is 229 g/mol. The van der Waals surface area contributed by atoms with E-state index in [-0.39, 0.29) is 0 Å². The van der Waals surface area contributed by atoms with Crippen LogP contribution in [0.2, 0.25) is 0 Å². The third-order valence-corrected chi connectivity index (χ3v) is 3.02. The van der Waals surface area contributed by atoms with Crippen molar-refractivity contribution < 1.29 is 9.15 Å². The van der Waals surface area contributed by atoms with Crippen molar-refractivity contribution in [3.8, 4) is 0 Å². The molecule has 0 aromatic carbocycles. The van der Waals surface area contributed by atoms with Crippen LogP contribution in [0, 0.1) is 0 Å². The van der Waals surface area contributed by atoms with Crippen LogP contribution in [-0.2, 0) is 10.5 Å². The number of methoxy groups -OCH3 is 1. The van der Waals surface area contributed by atoms with Crippen LogP contribution in [-0.4, -0.2) is 32.6 Å². The fourth-order valence-electron chi connectivity index (χ4n) is 1.17. The molecule has 0 aliphatic heterocycles. The molecule has 0 saturated carbocycles. The van der Waals surface area contributed by atoms with Gasteiger partial charge in [0.1, 0.15) is 5.76 Å². The molecule has 15 heavy (non-hydrogen) atoms. The quantitative estimate of drug-likeness (QED) is 0.658. The maximum absolute atomic E-state index is 5.24. The van der Waals surface area contributed by atoms with Gasteiger partial charge in [0.05, 0.1) is 18.6 Å². The Bertz CT molecular complexity index is 227. The molecule has 0 radical (unpaired) electrons. The van der Waals surface area contributed by atoms with Gasteiger partial charge in [-0.2, -0.15) is 11.8 Å². The van der Waals surface area contributed by atoms with Gasteiger partial charge in [0.15, 0.2) is 0 Å². The molecule has 0 amide bonds. The first kappa shape index (κ1) is 12.6. The van der Waals surface area contributed by atoms with Crippen molar-refractivity contribution >= 4 is 11.8 Å². The van der Waals surface area contributed by atoms with Crippen LogP contribution < -0.4 is 5.32 Å². The van der Waals surface area contributed by atoms with Crippen LogP contribution in [0.1, 0.15) is 12.2 Å². The van der Waals surface area contributed by atoms with Crippen molar-refractivity contribution in [2.75, 3.05) is 32.6 Å². The molecule has 0 bridgehead atoms. The topological polar surface area (TPSA) is 34.4 Å². The third kappa shape index (κ3) is 6.60. The fourth-order valence-corrected chi connectivity index (χ4v) is 2.02. The zero-order valence-electron chi connectivity index (χ0n) is 9.20. The third-order valence-electron chi connectivity index (χ3n) is 1.95. The second kappa shape index (κ2) is 8.83. The van der Waals surface area contributed by atoms with Gasteiger partial charge < -0.3 is 14.5 Å². The number of furan rings is 1. The van der Waals surface area contributed by atoms with Crippen molar-refractivity contribution in [1.82, 2.24) is 5.32 Å². The van der Waals surface area contributed by atoms with Gasteiger partial charge in [0, 0.05) is 13.7 Å². The highest BCUT2D eigenvalue weighted by molar-refractivity contribution is 7.98. The fraction of sp³-hybridized carbons (Fsp3) is 0.636. The Hall–Kier alpha value is -0.450. The van der Waals surface area contributed by atoms with Gasteiger partial charge >= 0.3 is 0 Å². The summed E-state index contributed by atoms with van der Waals surface area (Å²) in [5.41, 5.74) is 0. The van der Waals surface area contributed by atoms with Crippen molar-refractivity contribution in [3.05, 3.63) is 24.2 Å². The molecule has 3 nitrogen and oxygen atoms in total. The standard InChI is InChI=1S/C11H19NO2S/c1-13-8-6-12-5-3-9-15-10-11-4-2-7-14-11/h2,4,7,12H,3,5-6,8-10H2,1H3. The zero-order chi connectivity index (χ0) is 10.8. The van der Waals surface area contributed by atoms with Gasteiger partial charge in [-0.25, -0.2) is 0 Å². The summed E-state index contributed by atoms with van der Waals surface area (Å²) in [6.07, 6.45) is 2.91. The summed E-state index contributed by atoms with van der Waals surface area (Å²) in [5.74, 6) is 3.21. The minimum Gasteiger partial charge on any atom is -0.468 e. The van der Waals surface area contributed by atoms with Crippen molar-refractivity contribution in [1.29, 1.82) is 0 Å². The minimum absolute atomic E-state index is 0.791. The Labute approximate surface area is 95.6 Å². The summed E-state index contributed by atoms with van der Waals surface area (Å²) in [7, 11) is 1.72. The van der Waals surface area contributed by atoms with E-state index in [4.69, 9.17) is 9.15 Å². The van der Waals surface area contributed by atoms with Gasteiger partial charge in [-0.15, -0.1) is 0 Å². The highest BCUT2D eigenvalue weighted by atomic mass is 32.2. The van der Waals surface area contributed by atoms with Crippen molar-refractivity contribution in [3.63, 3.8) is 0 Å². The predicted molar refractivity (Wildman–Crippen MR) is 64.2 cm³/mol. The first-order valence-electron chi connectivity index (χ1n) is 5.23. The van der Waals surface area contributed by atoms with Crippen LogP contribution in [0.4, 0.5) is 0 Å². The molecule has 1 rings (SSSR count). The second-order valence-corrected chi connectivity index (χ2v) is 4.33. The van der Waals surface area contributed by atoms with E-state index in [0.29, 0.717) is 0 Å². The lowest BCUT2D eigenvalue weighted by atomic mass is 10.5. The molecular weight excluding hydrogens is 210 g/mol. The van der Waals surface area contributed by atoms with Gasteiger partial charge in [-0.3, -0.25) is 0 Å². The molecule has 0 aliphatic rings. The monoisotopic (exact) mass is 229 g/mol. The van der Waals surface area contributed by atoms with Crippen LogP contribution in [0.15, 0.2) is 22.8 Å². The highest BCUT2D eigenvalue weighted by Gasteiger charge is 1.95. The van der Waals surface area contributed by atoms with Gasteiger partial charge in [0.2, 0.25) is 0 Å². The molecule has 0 spiro atoms. The zero-order valence-corrected chi connectivity index (χ0v) is 10.0. The van der Waals surface area contributed by atoms with Gasteiger partial charge in [0.25, 0.3) is 0 Å². The summed E-state index contributed by atoms with van der Waals surface area (Å²) >= 11 is 1.91. The Kier molecular flexibility index (Phi) is 7.42. The number of nitrogens with one attached hydrogen (secondary N) is 1. The van der Waals surface area contributed by atoms with Crippen LogP contribution >= 0.6 is 11.8 Å². The number of hydrogen-bond donors (Lipinski definition) is 1. The van der Waals surface area contributed by atoms with Crippen LogP contribution in [0.25, 0.3) is 0 Å². The summed E-state index contributed by atoms with van der Waals surface area (Å²) in [4.78, 5) is 0. The van der Waals surface area contributed by atoms with E-state index in [9.17, 15) is 0 Å². The lowest BCUT2D eigenvalue weighted by Crippen LogP contribution is -2.20.